The van der Waals surface area contributed by atoms with Gasteiger partial charge >= 0.3 is 11.9 Å². The number of carbonyl (C=O) groups excluding carboxylic acids is 3. The van der Waals surface area contributed by atoms with Crippen LogP contribution >= 0.6 is 0 Å². The van der Waals surface area contributed by atoms with Crippen molar-refractivity contribution in [1.29, 1.82) is 0 Å². The molecule has 1 aliphatic heterocycles. The molecule has 1 saturated heterocycles. The van der Waals surface area contributed by atoms with Crippen LogP contribution < -0.4 is 4.90 Å². The molecule has 0 radical (unpaired) electrons. The van der Waals surface area contributed by atoms with Gasteiger partial charge in [-0.25, -0.2) is 4.79 Å². The van der Waals surface area contributed by atoms with E-state index in [9.17, 15) is 14.4 Å². The zero-order chi connectivity index (χ0) is 14.0. The number of amides is 1. The molecule has 1 unspecified atom stereocenters. The van der Waals surface area contributed by atoms with Gasteiger partial charge in [0, 0.05) is 19.0 Å². The third-order valence-electron chi connectivity index (χ3n) is 2.91. The van der Waals surface area contributed by atoms with Gasteiger partial charge in [-0.15, -0.1) is 0 Å². The number of anilines is 1. The van der Waals surface area contributed by atoms with Crippen LogP contribution in [0.5, 0.6) is 0 Å². The van der Waals surface area contributed by atoms with Gasteiger partial charge in [0.1, 0.15) is 5.69 Å². The molecule has 8 heteroatoms. The first-order valence-electron chi connectivity index (χ1n) is 5.58. The van der Waals surface area contributed by atoms with Crippen molar-refractivity contribution in [2.24, 2.45) is 5.92 Å². The molecule has 19 heavy (non-hydrogen) atoms. The summed E-state index contributed by atoms with van der Waals surface area (Å²) >= 11 is 0. The molecule has 1 N–H and O–H groups in total. The first-order valence-corrected chi connectivity index (χ1v) is 5.58. The molecular formula is C11H13N3O5. The predicted octanol–water partition coefficient (Wildman–Crippen LogP) is -0.278. The number of aromatic nitrogens is 2. The lowest BCUT2D eigenvalue weighted by Crippen LogP contribution is -2.26. The van der Waals surface area contributed by atoms with Crippen molar-refractivity contribution in [2.75, 3.05) is 25.7 Å². The van der Waals surface area contributed by atoms with E-state index in [4.69, 9.17) is 0 Å². The van der Waals surface area contributed by atoms with Gasteiger partial charge in [-0.2, -0.15) is 5.10 Å². The monoisotopic (exact) mass is 267 g/mol. The van der Waals surface area contributed by atoms with Crippen molar-refractivity contribution in [2.45, 2.75) is 6.42 Å². The minimum absolute atomic E-state index is 0.0765. The van der Waals surface area contributed by atoms with Crippen LogP contribution in [-0.2, 0) is 19.1 Å². The van der Waals surface area contributed by atoms with Crippen LogP contribution in [0.3, 0.4) is 0 Å². The Morgan fingerprint density at radius 1 is 1.42 bits per heavy atom. The van der Waals surface area contributed by atoms with Crippen molar-refractivity contribution in [1.82, 2.24) is 10.2 Å². The molecule has 102 valence electrons. The van der Waals surface area contributed by atoms with E-state index in [1.807, 2.05) is 0 Å². The number of hydrogen-bond donors (Lipinski definition) is 1. The highest BCUT2D eigenvalue weighted by molar-refractivity contribution is 5.99. The van der Waals surface area contributed by atoms with E-state index in [0.717, 1.165) is 0 Å². The van der Waals surface area contributed by atoms with Crippen molar-refractivity contribution < 1.29 is 23.9 Å². The second-order valence-electron chi connectivity index (χ2n) is 4.06. The van der Waals surface area contributed by atoms with E-state index in [0.29, 0.717) is 0 Å². The average Bonchev–Trinajstić information content (AvgIpc) is 3.03. The molecule has 0 spiro atoms. The van der Waals surface area contributed by atoms with Crippen molar-refractivity contribution in [3.05, 3.63) is 11.8 Å². The summed E-state index contributed by atoms with van der Waals surface area (Å²) in [6.07, 6.45) is 0.0765. The summed E-state index contributed by atoms with van der Waals surface area (Å²) in [6, 6.07) is 1.41. The molecule has 1 aliphatic rings. The average molecular weight is 267 g/mol. The Hall–Kier alpha value is -2.38. The Kier molecular flexibility index (Phi) is 3.50. The molecule has 1 amide bonds. The summed E-state index contributed by atoms with van der Waals surface area (Å²) in [5.41, 5.74) is 0.145. The number of esters is 2. The molecule has 1 fully saturated rings. The Morgan fingerprint density at radius 3 is 2.79 bits per heavy atom. The number of carbonyl (C=O) groups is 3. The lowest BCUT2D eigenvalue weighted by atomic mass is 10.1. The number of ether oxygens (including phenoxy) is 2. The minimum Gasteiger partial charge on any atom is -0.469 e. The largest absolute Gasteiger partial charge is 0.469 e. The van der Waals surface area contributed by atoms with E-state index < -0.39 is 17.9 Å². The second-order valence-corrected chi connectivity index (χ2v) is 4.06. The molecule has 0 aromatic carbocycles. The number of nitrogens with one attached hydrogen (secondary N) is 1. The maximum atomic E-state index is 11.8. The minimum atomic E-state index is -0.574. The van der Waals surface area contributed by atoms with Crippen LogP contribution in [-0.4, -0.2) is 48.8 Å². The van der Waals surface area contributed by atoms with E-state index in [2.05, 4.69) is 19.7 Å². The summed E-state index contributed by atoms with van der Waals surface area (Å²) < 4.78 is 9.14. The van der Waals surface area contributed by atoms with Crippen molar-refractivity contribution in [3.8, 4) is 0 Å². The molecule has 1 atom stereocenters. The molecule has 2 heterocycles. The van der Waals surface area contributed by atoms with Gasteiger partial charge in [-0.1, -0.05) is 0 Å². The predicted molar refractivity (Wildman–Crippen MR) is 62.4 cm³/mol. The number of aromatic amines is 1. The van der Waals surface area contributed by atoms with Crippen LogP contribution in [0.15, 0.2) is 6.07 Å². The first kappa shape index (κ1) is 13.1. The van der Waals surface area contributed by atoms with Gasteiger partial charge in [0.25, 0.3) is 0 Å². The molecule has 2 rings (SSSR count). The van der Waals surface area contributed by atoms with Crippen LogP contribution in [0.2, 0.25) is 0 Å². The molecule has 0 bridgehead atoms. The topological polar surface area (TPSA) is 102 Å². The van der Waals surface area contributed by atoms with Gasteiger partial charge in [0.2, 0.25) is 5.91 Å². The summed E-state index contributed by atoms with van der Waals surface area (Å²) in [6.45, 7) is 0.191. The Labute approximate surface area is 108 Å². The van der Waals surface area contributed by atoms with Crippen molar-refractivity contribution >= 4 is 23.7 Å². The lowest BCUT2D eigenvalue weighted by Gasteiger charge is -2.12. The van der Waals surface area contributed by atoms with Gasteiger partial charge in [-0.3, -0.25) is 19.6 Å². The Bertz CT molecular complexity index is 524. The zero-order valence-corrected chi connectivity index (χ0v) is 10.5. The summed E-state index contributed by atoms with van der Waals surface area (Å²) in [4.78, 5) is 35.8. The summed E-state index contributed by atoms with van der Waals surface area (Å²) in [7, 11) is 2.52. The fourth-order valence-electron chi connectivity index (χ4n) is 1.92. The van der Waals surface area contributed by atoms with Crippen LogP contribution in [0.4, 0.5) is 5.82 Å². The highest BCUT2D eigenvalue weighted by Gasteiger charge is 2.37. The third-order valence-corrected chi connectivity index (χ3v) is 2.91. The maximum absolute atomic E-state index is 11.8. The molecule has 8 nitrogen and oxygen atoms in total. The number of nitrogens with zero attached hydrogens (tertiary/aromatic N) is 2. The Balaban J connectivity index is 2.14. The van der Waals surface area contributed by atoms with E-state index in [-0.39, 0.29) is 30.4 Å². The second kappa shape index (κ2) is 5.09. The number of hydrogen-bond acceptors (Lipinski definition) is 6. The zero-order valence-electron chi connectivity index (χ0n) is 10.5. The lowest BCUT2D eigenvalue weighted by molar-refractivity contribution is -0.145. The molecule has 0 saturated carbocycles. The van der Waals surface area contributed by atoms with Gasteiger partial charge in [-0.05, 0) is 0 Å². The fourth-order valence-corrected chi connectivity index (χ4v) is 1.92. The molecule has 1 aromatic rings. The van der Waals surface area contributed by atoms with Crippen LogP contribution in [0.25, 0.3) is 0 Å². The summed E-state index contributed by atoms with van der Waals surface area (Å²) in [5, 5.41) is 6.34. The molecule has 1 aromatic heterocycles. The SMILES string of the molecule is COC(=O)c1cc(N2CC(C(=O)OC)CC2=O)n[nH]1. The molecular weight excluding hydrogens is 254 g/mol. The van der Waals surface area contributed by atoms with Crippen molar-refractivity contribution in [3.63, 3.8) is 0 Å². The van der Waals surface area contributed by atoms with Gasteiger partial charge in [0.05, 0.1) is 20.1 Å². The smallest absolute Gasteiger partial charge is 0.356 e. The van der Waals surface area contributed by atoms with E-state index in [1.54, 1.807) is 0 Å². The first-order chi connectivity index (χ1) is 9.06. The standard InChI is InChI=1S/C11H13N3O5/c1-18-10(16)6-3-9(15)14(5-6)8-4-7(12-13-8)11(17)19-2/h4,6H,3,5H2,1-2H3,(H,12,13). The van der Waals surface area contributed by atoms with Crippen LogP contribution in [0.1, 0.15) is 16.9 Å². The van der Waals surface area contributed by atoms with Gasteiger partial charge < -0.3 is 9.47 Å². The number of rotatable bonds is 3. The van der Waals surface area contributed by atoms with E-state index >= 15 is 0 Å². The van der Waals surface area contributed by atoms with E-state index in [1.165, 1.54) is 25.2 Å². The Morgan fingerprint density at radius 2 is 2.16 bits per heavy atom. The molecule has 0 aliphatic carbocycles. The quantitative estimate of drug-likeness (QED) is 0.756. The number of methoxy groups -OCH3 is 2. The third kappa shape index (κ3) is 2.42. The highest BCUT2D eigenvalue weighted by atomic mass is 16.5. The maximum Gasteiger partial charge on any atom is 0.356 e. The normalized spacial score (nSPS) is 18.5. The summed E-state index contributed by atoms with van der Waals surface area (Å²) in [5.74, 6) is -1.46. The highest BCUT2D eigenvalue weighted by Crippen LogP contribution is 2.24. The number of H-pyrrole nitrogens is 1. The van der Waals surface area contributed by atoms with Crippen LogP contribution in [0, 0.1) is 5.92 Å². The fraction of sp³-hybridized carbons (Fsp3) is 0.455. The van der Waals surface area contributed by atoms with Gasteiger partial charge in [0.15, 0.2) is 5.82 Å².